The molecule has 0 amide bonds. The minimum absolute atomic E-state index is 0.155. The molecule has 1 N–H and O–H groups in total. The molecule has 10 heteroatoms. The number of nitrogens with zero attached hydrogens (tertiary/aromatic N) is 2. The van der Waals surface area contributed by atoms with Gasteiger partial charge in [0.05, 0.1) is 27.4 Å². The van der Waals surface area contributed by atoms with Gasteiger partial charge in [-0.2, -0.15) is 0 Å². The zero-order valence-electron chi connectivity index (χ0n) is 21.7. The molecule has 0 saturated carbocycles. The topological polar surface area (TPSA) is 91.0 Å². The molecule has 37 heavy (non-hydrogen) atoms. The second-order valence-electron chi connectivity index (χ2n) is 9.76. The van der Waals surface area contributed by atoms with Gasteiger partial charge in [-0.1, -0.05) is 6.07 Å². The van der Waals surface area contributed by atoms with Gasteiger partial charge in [0.2, 0.25) is 12.5 Å². The highest BCUT2D eigenvalue weighted by Gasteiger charge is 2.47. The highest BCUT2D eigenvalue weighted by Crippen LogP contribution is 2.57. The Morgan fingerprint density at radius 1 is 1.00 bits per heavy atom. The van der Waals surface area contributed by atoms with Crippen LogP contribution in [0.5, 0.6) is 28.7 Å². The molecule has 4 aliphatic rings. The number of benzene rings is 2. The third kappa shape index (κ3) is 3.77. The van der Waals surface area contributed by atoms with Crippen molar-refractivity contribution < 1.29 is 33.2 Å². The first-order chi connectivity index (χ1) is 18.1. The maximum absolute atomic E-state index is 13.2. The second-order valence-corrected chi connectivity index (χ2v) is 9.76. The number of ether oxygens (including phenoxy) is 6. The van der Waals surface area contributed by atoms with Crippen LogP contribution in [0.3, 0.4) is 0 Å². The number of piperazine rings is 1. The first-order valence-corrected chi connectivity index (χ1v) is 12.7. The van der Waals surface area contributed by atoms with Crippen molar-refractivity contribution in [3.05, 3.63) is 39.9 Å². The summed E-state index contributed by atoms with van der Waals surface area (Å²) < 4.78 is 35.1. The molecule has 1 fully saturated rings. The van der Waals surface area contributed by atoms with Gasteiger partial charge in [0, 0.05) is 56.0 Å². The number of carbonyl (C=O) groups excluding carboxylic acids is 1. The number of methoxy groups -OCH3 is 3. The number of likely N-dealkylation sites (N-methyl/N-ethyl adjacent to an activating group) is 1. The molecule has 6 rings (SSSR count). The van der Waals surface area contributed by atoms with Crippen molar-refractivity contribution in [2.75, 3.05) is 67.9 Å². The summed E-state index contributed by atoms with van der Waals surface area (Å²) in [5.74, 6) is 2.51. The molecular formula is C27H33N3O7. The Morgan fingerprint density at radius 3 is 2.49 bits per heavy atom. The largest absolute Gasteiger partial charge is 0.493 e. The van der Waals surface area contributed by atoms with Crippen LogP contribution >= 0.6 is 0 Å². The fourth-order valence-electron chi connectivity index (χ4n) is 6.18. The summed E-state index contributed by atoms with van der Waals surface area (Å²) in [6.07, 6.45) is 0.281. The van der Waals surface area contributed by atoms with Gasteiger partial charge in [-0.3, -0.25) is 9.80 Å². The molecule has 0 aliphatic carbocycles. The van der Waals surface area contributed by atoms with Gasteiger partial charge >= 0.3 is 5.97 Å². The number of cyclic esters (lactones) is 1. The molecule has 1 unspecified atom stereocenters. The van der Waals surface area contributed by atoms with Gasteiger partial charge < -0.3 is 33.7 Å². The Balaban J connectivity index is 1.51. The minimum atomic E-state index is -0.548. The Labute approximate surface area is 216 Å². The van der Waals surface area contributed by atoms with E-state index in [1.165, 1.54) is 12.7 Å². The first kappa shape index (κ1) is 24.1. The number of hydrogen-bond donors (Lipinski definition) is 1. The van der Waals surface area contributed by atoms with Crippen LogP contribution in [-0.4, -0.2) is 83.7 Å². The van der Waals surface area contributed by atoms with Crippen LogP contribution in [0.1, 0.15) is 44.8 Å². The van der Waals surface area contributed by atoms with Crippen molar-refractivity contribution >= 4 is 5.97 Å². The van der Waals surface area contributed by atoms with E-state index in [-0.39, 0.29) is 12.8 Å². The second kappa shape index (κ2) is 9.59. The van der Waals surface area contributed by atoms with E-state index in [0.717, 1.165) is 68.1 Å². The lowest BCUT2D eigenvalue weighted by Crippen LogP contribution is -2.43. The predicted octanol–water partition coefficient (Wildman–Crippen LogP) is 2.29. The van der Waals surface area contributed by atoms with Crippen LogP contribution in [0, 0.1) is 0 Å². The van der Waals surface area contributed by atoms with E-state index in [0.29, 0.717) is 28.6 Å². The minimum Gasteiger partial charge on any atom is -0.493 e. The molecular weight excluding hydrogens is 478 g/mol. The summed E-state index contributed by atoms with van der Waals surface area (Å²) in [6, 6.07) is 3.44. The number of nitrogens with one attached hydrogen (secondary N) is 1. The van der Waals surface area contributed by atoms with E-state index in [2.05, 4.69) is 22.2 Å². The monoisotopic (exact) mass is 511 g/mol. The Morgan fingerprint density at radius 2 is 1.76 bits per heavy atom. The maximum Gasteiger partial charge on any atom is 0.343 e. The number of hydrogen-bond acceptors (Lipinski definition) is 10. The molecule has 2 aromatic rings. The molecule has 0 radical (unpaired) electrons. The van der Waals surface area contributed by atoms with Crippen LogP contribution in [0.4, 0.5) is 0 Å². The highest BCUT2D eigenvalue weighted by molar-refractivity contribution is 5.98. The Bertz CT molecular complexity index is 1230. The summed E-state index contributed by atoms with van der Waals surface area (Å²) in [5.41, 5.74) is 4.50. The molecule has 0 bridgehead atoms. The molecule has 1 saturated heterocycles. The third-order valence-corrected chi connectivity index (χ3v) is 7.92. The summed E-state index contributed by atoms with van der Waals surface area (Å²) in [5, 5.41) is 3.42. The lowest BCUT2D eigenvalue weighted by molar-refractivity contribution is 0.00865. The van der Waals surface area contributed by atoms with Gasteiger partial charge in [0.1, 0.15) is 11.7 Å². The molecule has 4 heterocycles. The van der Waals surface area contributed by atoms with E-state index in [1.807, 2.05) is 12.1 Å². The molecule has 2 atom stereocenters. The van der Waals surface area contributed by atoms with Crippen molar-refractivity contribution in [1.29, 1.82) is 0 Å². The lowest BCUT2D eigenvalue weighted by atomic mass is 9.83. The SMILES string of the molecule is COc1ccc2c(c1OC)C(=O)OC2[C@H]1c2c(c(CN3CCNCC3)c3c(c2OC)OCO3)CCN1C. The quantitative estimate of drug-likeness (QED) is 0.583. The molecule has 0 aromatic heterocycles. The van der Waals surface area contributed by atoms with Crippen LogP contribution in [0.25, 0.3) is 0 Å². The number of rotatable bonds is 6. The Kier molecular flexibility index (Phi) is 6.26. The summed E-state index contributed by atoms with van der Waals surface area (Å²) in [7, 11) is 6.80. The maximum atomic E-state index is 13.2. The number of fused-ring (bicyclic) bond motifs is 3. The molecule has 2 aromatic carbocycles. The lowest BCUT2D eigenvalue weighted by Gasteiger charge is -2.40. The molecule has 198 valence electrons. The van der Waals surface area contributed by atoms with Crippen molar-refractivity contribution in [1.82, 2.24) is 15.1 Å². The van der Waals surface area contributed by atoms with Gasteiger partial charge in [-0.25, -0.2) is 4.79 Å². The number of esters is 1. The normalized spacial score (nSPS) is 22.9. The van der Waals surface area contributed by atoms with Gasteiger partial charge in [0.15, 0.2) is 23.0 Å². The fourth-order valence-corrected chi connectivity index (χ4v) is 6.18. The van der Waals surface area contributed by atoms with Crippen molar-refractivity contribution in [2.24, 2.45) is 0 Å². The van der Waals surface area contributed by atoms with E-state index in [1.54, 1.807) is 14.2 Å². The summed E-state index contributed by atoms with van der Waals surface area (Å²) in [4.78, 5) is 17.9. The van der Waals surface area contributed by atoms with Gasteiger partial charge in [0.25, 0.3) is 0 Å². The average molecular weight is 512 g/mol. The van der Waals surface area contributed by atoms with E-state index < -0.39 is 12.1 Å². The van der Waals surface area contributed by atoms with Crippen LogP contribution in [0.2, 0.25) is 0 Å². The summed E-state index contributed by atoms with van der Waals surface area (Å²) >= 11 is 0. The zero-order chi connectivity index (χ0) is 25.7. The standard InChI is InChI=1S/C27H33N3O7/c1-29-10-7-15-17(13-30-11-8-28-9-12-30)23-26(36-14-35-23)25(34-4)19(15)21(29)22-16-5-6-18(32-2)24(33-3)20(16)27(31)37-22/h5-6,21-22,28H,7-14H2,1-4H3/t21-,22?/m1/s1. The first-order valence-electron chi connectivity index (χ1n) is 12.7. The van der Waals surface area contributed by atoms with Gasteiger partial charge in [-0.05, 0) is 25.1 Å². The fraction of sp³-hybridized carbons (Fsp3) is 0.519. The van der Waals surface area contributed by atoms with Gasteiger partial charge in [-0.15, -0.1) is 0 Å². The smallest absolute Gasteiger partial charge is 0.343 e. The molecule has 10 nitrogen and oxygen atoms in total. The van der Waals surface area contributed by atoms with Crippen LogP contribution in [0.15, 0.2) is 12.1 Å². The number of carbonyl (C=O) groups is 1. The molecule has 0 spiro atoms. The van der Waals surface area contributed by atoms with E-state index >= 15 is 0 Å². The van der Waals surface area contributed by atoms with Crippen LogP contribution in [-0.2, 0) is 17.7 Å². The highest BCUT2D eigenvalue weighted by atomic mass is 16.7. The summed E-state index contributed by atoms with van der Waals surface area (Å²) in [6.45, 7) is 5.58. The zero-order valence-corrected chi connectivity index (χ0v) is 21.7. The predicted molar refractivity (Wildman–Crippen MR) is 134 cm³/mol. The van der Waals surface area contributed by atoms with Crippen molar-refractivity contribution in [3.63, 3.8) is 0 Å². The van der Waals surface area contributed by atoms with Crippen molar-refractivity contribution in [2.45, 2.75) is 25.1 Å². The van der Waals surface area contributed by atoms with E-state index in [4.69, 9.17) is 28.4 Å². The third-order valence-electron chi connectivity index (χ3n) is 7.92. The average Bonchev–Trinajstić information content (AvgIpc) is 3.53. The van der Waals surface area contributed by atoms with Crippen LogP contribution < -0.4 is 29.0 Å². The molecule has 4 aliphatic heterocycles. The van der Waals surface area contributed by atoms with E-state index in [9.17, 15) is 4.79 Å². The van der Waals surface area contributed by atoms with Crippen molar-refractivity contribution in [3.8, 4) is 28.7 Å². The Hall–Kier alpha value is -3.21.